The molecule has 6 nitrogen and oxygen atoms in total. The summed E-state index contributed by atoms with van der Waals surface area (Å²) in [6, 6.07) is 2.03. The van der Waals surface area contributed by atoms with Crippen molar-refractivity contribution in [3.63, 3.8) is 0 Å². The van der Waals surface area contributed by atoms with E-state index in [1.807, 2.05) is 6.07 Å². The predicted molar refractivity (Wildman–Crippen MR) is 70.9 cm³/mol. The number of hydrogen-bond donors (Lipinski definition) is 1. The Balaban J connectivity index is 2.17. The zero-order valence-corrected chi connectivity index (χ0v) is 10.9. The molecule has 0 aliphatic rings. The van der Waals surface area contributed by atoms with Crippen molar-refractivity contribution >= 4 is 27.5 Å². The number of carboxylic acid groups (broad SMARTS) is 1. The summed E-state index contributed by atoms with van der Waals surface area (Å²) in [6.45, 7) is 2.08. The highest BCUT2D eigenvalue weighted by molar-refractivity contribution is 7.18. The van der Waals surface area contributed by atoms with Crippen LogP contribution >= 0.6 is 11.3 Å². The molecule has 0 spiro atoms. The van der Waals surface area contributed by atoms with Crippen LogP contribution in [0.1, 0.15) is 22.2 Å². The number of aryl methyl sites for hydroxylation is 1. The third-order valence-electron chi connectivity index (χ3n) is 2.75. The minimum atomic E-state index is -1.00. The van der Waals surface area contributed by atoms with Gasteiger partial charge in [0.25, 0.3) is 0 Å². The Morgan fingerprint density at radius 2 is 2.32 bits per heavy atom. The van der Waals surface area contributed by atoms with Gasteiger partial charge in [-0.2, -0.15) is 5.10 Å². The lowest BCUT2D eigenvalue weighted by molar-refractivity contribution is 0.0697. The molecule has 0 aromatic carbocycles. The van der Waals surface area contributed by atoms with E-state index in [-0.39, 0.29) is 5.56 Å². The van der Waals surface area contributed by atoms with E-state index < -0.39 is 5.97 Å². The molecule has 0 saturated heterocycles. The molecule has 3 heterocycles. The first-order valence-corrected chi connectivity index (χ1v) is 6.52. The fourth-order valence-corrected chi connectivity index (χ4v) is 2.73. The Kier molecular flexibility index (Phi) is 2.75. The smallest absolute Gasteiger partial charge is 0.338 e. The summed E-state index contributed by atoms with van der Waals surface area (Å²) in [5.74, 6) is -0.399. The van der Waals surface area contributed by atoms with Crippen molar-refractivity contribution in [2.24, 2.45) is 0 Å². The average molecular weight is 274 g/mol. The van der Waals surface area contributed by atoms with Gasteiger partial charge in [-0.05, 0) is 12.5 Å². The molecule has 0 aliphatic heterocycles. The van der Waals surface area contributed by atoms with Gasteiger partial charge in [0.15, 0.2) is 5.82 Å². The van der Waals surface area contributed by atoms with Crippen LogP contribution in [0.25, 0.3) is 16.0 Å². The number of aromatic carboxylic acids is 1. The van der Waals surface area contributed by atoms with Gasteiger partial charge in [0.2, 0.25) is 0 Å². The lowest BCUT2D eigenvalue weighted by Gasteiger charge is -2.00. The van der Waals surface area contributed by atoms with Gasteiger partial charge in [-0.3, -0.25) is 0 Å². The highest BCUT2D eigenvalue weighted by atomic mass is 32.1. The van der Waals surface area contributed by atoms with Gasteiger partial charge in [0.1, 0.15) is 11.2 Å². The van der Waals surface area contributed by atoms with Gasteiger partial charge in [0.05, 0.1) is 17.1 Å². The maximum absolute atomic E-state index is 10.9. The van der Waals surface area contributed by atoms with Crippen LogP contribution in [0.3, 0.4) is 0 Å². The molecule has 3 aromatic heterocycles. The van der Waals surface area contributed by atoms with Crippen LogP contribution in [0.15, 0.2) is 24.8 Å². The Morgan fingerprint density at radius 1 is 1.47 bits per heavy atom. The second-order valence-electron chi connectivity index (χ2n) is 3.96. The Bertz CT molecular complexity index is 762. The van der Waals surface area contributed by atoms with E-state index in [4.69, 9.17) is 5.11 Å². The maximum Gasteiger partial charge on any atom is 0.338 e. The molecule has 0 amide bonds. The summed E-state index contributed by atoms with van der Waals surface area (Å²) in [4.78, 5) is 21.4. The number of aromatic nitrogens is 4. The summed E-state index contributed by atoms with van der Waals surface area (Å²) in [6.07, 6.45) is 5.16. The van der Waals surface area contributed by atoms with Gasteiger partial charge in [-0.25, -0.2) is 19.4 Å². The number of hydrogen-bond acceptors (Lipinski definition) is 5. The quantitative estimate of drug-likeness (QED) is 0.791. The Hall–Kier alpha value is -2.28. The zero-order valence-electron chi connectivity index (χ0n) is 10.1. The number of thiophene rings is 1. The highest BCUT2D eigenvalue weighted by Gasteiger charge is 2.12. The molecular formula is C12H10N4O2S. The fraction of sp³-hybridized carbons (Fsp3) is 0.167. The van der Waals surface area contributed by atoms with E-state index >= 15 is 0 Å². The molecule has 0 aliphatic carbocycles. The van der Waals surface area contributed by atoms with E-state index in [2.05, 4.69) is 22.0 Å². The van der Waals surface area contributed by atoms with Crippen LogP contribution in [0.2, 0.25) is 0 Å². The molecule has 0 atom stereocenters. The van der Waals surface area contributed by atoms with Crippen molar-refractivity contribution in [2.45, 2.75) is 13.3 Å². The summed E-state index contributed by atoms with van der Waals surface area (Å²) < 4.78 is 1.47. The lowest BCUT2D eigenvalue weighted by Crippen LogP contribution is -1.99. The molecule has 3 rings (SSSR count). The second-order valence-corrected chi connectivity index (χ2v) is 5.08. The van der Waals surface area contributed by atoms with E-state index in [1.54, 1.807) is 11.3 Å². The molecule has 0 radical (unpaired) electrons. The van der Waals surface area contributed by atoms with Gasteiger partial charge in [0, 0.05) is 11.1 Å². The Morgan fingerprint density at radius 3 is 3.00 bits per heavy atom. The molecule has 19 heavy (non-hydrogen) atoms. The van der Waals surface area contributed by atoms with Crippen molar-refractivity contribution < 1.29 is 9.90 Å². The molecule has 1 N–H and O–H groups in total. The standard InChI is InChI=1S/C12H10N4O2S/c1-2-8-3-9-10(13-6-14-11(9)19-8)16-5-7(4-15-16)12(17)18/h3-6H,2H2,1H3,(H,17,18). The van der Waals surface area contributed by atoms with Crippen molar-refractivity contribution in [2.75, 3.05) is 0 Å². The predicted octanol–water partition coefficient (Wildman–Crippen LogP) is 2.14. The summed E-state index contributed by atoms with van der Waals surface area (Å²) in [5, 5.41) is 13.9. The van der Waals surface area contributed by atoms with Crippen molar-refractivity contribution in [3.05, 3.63) is 35.2 Å². The number of rotatable bonds is 3. The molecule has 7 heteroatoms. The highest BCUT2D eigenvalue weighted by Crippen LogP contribution is 2.27. The minimum absolute atomic E-state index is 0.137. The number of carboxylic acids is 1. The number of nitrogens with zero attached hydrogens (tertiary/aromatic N) is 4. The third kappa shape index (κ3) is 1.97. The van der Waals surface area contributed by atoms with Crippen molar-refractivity contribution in [1.82, 2.24) is 19.7 Å². The summed E-state index contributed by atoms with van der Waals surface area (Å²) in [7, 11) is 0. The van der Waals surface area contributed by atoms with Crippen LogP contribution in [0.5, 0.6) is 0 Å². The minimum Gasteiger partial charge on any atom is -0.478 e. The van der Waals surface area contributed by atoms with Gasteiger partial charge < -0.3 is 5.11 Å². The maximum atomic E-state index is 10.9. The van der Waals surface area contributed by atoms with Gasteiger partial charge in [-0.15, -0.1) is 11.3 Å². The van der Waals surface area contributed by atoms with E-state index in [0.29, 0.717) is 5.82 Å². The van der Waals surface area contributed by atoms with Crippen LogP contribution in [0, 0.1) is 0 Å². The Labute approximate surface area is 112 Å². The van der Waals surface area contributed by atoms with Crippen molar-refractivity contribution in [1.29, 1.82) is 0 Å². The largest absolute Gasteiger partial charge is 0.478 e. The summed E-state index contributed by atoms with van der Waals surface area (Å²) >= 11 is 1.61. The van der Waals surface area contributed by atoms with Crippen LogP contribution in [0.4, 0.5) is 0 Å². The molecular weight excluding hydrogens is 264 g/mol. The third-order valence-corrected chi connectivity index (χ3v) is 3.94. The van der Waals surface area contributed by atoms with E-state index in [9.17, 15) is 4.79 Å². The first-order chi connectivity index (χ1) is 9.19. The molecule has 0 saturated carbocycles. The zero-order chi connectivity index (χ0) is 13.4. The first-order valence-electron chi connectivity index (χ1n) is 5.70. The SMILES string of the molecule is CCc1cc2c(-n3cc(C(=O)O)cn3)ncnc2s1. The van der Waals surface area contributed by atoms with E-state index in [0.717, 1.165) is 16.6 Å². The van der Waals surface area contributed by atoms with E-state index in [1.165, 1.54) is 28.3 Å². The molecule has 96 valence electrons. The molecule has 0 fully saturated rings. The van der Waals surface area contributed by atoms with Crippen LogP contribution in [-0.4, -0.2) is 30.8 Å². The van der Waals surface area contributed by atoms with Gasteiger partial charge >= 0.3 is 5.97 Å². The summed E-state index contributed by atoms with van der Waals surface area (Å²) in [5.41, 5.74) is 0.137. The number of fused-ring (bicyclic) bond motifs is 1. The number of carbonyl (C=O) groups is 1. The molecule has 0 bridgehead atoms. The molecule has 0 unspecified atom stereocenters. The second kappa shape index (κ2) is 4.43. The van der Waals surface area contributed by atoms with Crippen LogP contribution in [-0.2, 0) is 6.42 Å². The fourth-order valence-electron chi connectivity index (χ4n) is 1.80. The van der Waals surface area contributed by atoms with Crippen LogP contribution < -0.4 is 0 Å². The van der Waals surface area contributed by atoms with Gasteiger partial charge in [-0.1, -0.05) is 6.92 Å². The normalized spacial score (nSPS) is 11.0. The monoisotopic (exact) mass is 274 g/mol. The first kappa shape index (κ1) is 11.8. The lowest BCUT2D eigenvalue weighted by atomic mass is 10.3. The van der Waals surface area contributed by atoms with Crippen molar-refractivity contribution in [3.8, 4) is 5.82 Å². The average Bonchev–Trinajstić information content (AvgIpc) is 3.04. The molecule has 3 aromatic rings. The topological polar surface area (TPSA) is 80.9 Å².